The molecule has 0 bridgehead atoms. The van der Waals surface area contributed by atoms with Gasteiger partial charge in [-0.2, -0.15) is 0 Å². The third kappa shape index (κ3) is 5.76. The van der Waals surface area contributed by atoms with Crippen LogP contribution in [0, 0.1) is 0 Å². The molecule has 20 heavy (non-hydrogen) atoms. The fraction of sp³-hybridized carbons (Fsp3) is 0.923. The number of carbonyl (C=O) groups excluding carboxylic acids is 1. The molecule has 0 aliphatic carbocycles. The molecule has 6 nitrogen and oxygen atoms in total. The number of esters is 1. The van der Waals surface area contributed by atoms with Crippen molar-refractivity contribution in [2.45, 2.75) is 38.6 Å². The van der Waals surface area contributed by atoms with E-state index in [0.29, 0.717) is 26.1 Å². The highest BCUT2D eigenvalue weighted by atomic mass is 32.2. The van der Waals surface area contributed by atoms with Crippen molar-refractivity contribution in [2.24, 2.45) is 5.73 Å². The Kier molecular flexibility index (Phi) is 6.42. The molecular formula is C13H26N2O4S. The third-order valence-electron chi connectivity index (χ3n) is 3.60. The SMILES string of the molecule is CCOC(=O)C(C)(N)CCCCN1CCS(=O)(=O)CC1. The lowest BCUT2D eigenvalue weighted by atomic mass is 9.96. The van der Waals surface area contributed by atoms with Gasteiger partial charge in [-0.05, 0) is 39.7 Å². The van der Waals surface area contributed by atoms with Gasteiger partial charge in [0.1, 0.15) is 5.54 Å². The van der Waals surface area contributed by atoms with Crippen LogP contribution < -0.4 is 5.73 Å². The lowest BCUT2D eigenvalue weighted by Crippen LogP contribution is -2.46. The van der Waals surface area contributed by atoms with Gasteiger partial charge in [-0.25, -0.2) is 8.42 Å². The van der Waals surface area contributed by atoms with E-state index in [2.05, 4.69) is 4.90 Å². The van der Waals surface area contributed by atoms with Crippen LogP contribution >= 0.6 is 0 Å². The minimum atomic E-state index is -2.81. The van der Waals surface area contributed by atoms with E-state index in [4.69, 9.17) is 10.5 Å². The van der Waals surface area contributed by atoms with Crippen LogP contribution in [0.25, 0.3) is 0 Å². The van der Waals surface area contributed by atoms with E-state index in [1.807, 2.05) is 0 Å². The topological polar surface area (TPSA) is 89.7 Å². The van der Waals surface area contributed by atoms with Gasteiger partial charge in [0.25, 0.3) is 0 Å². The maximum absolute atomic E-state index is 11.6. The van der Waals surface area contributed by atoms with Crippen LogP contribution in [0.2, 0.25) is 0 Å². The van der Waals surface area contributed by atoms with Crippen LogP contribution in [0.4, 0.5) is 0 Å². The molecule has 1 rings (SSSR count). The molecule has 0 radical (unpaired) electrons. The van der Waals surface area contributed by atoms with Gasteiger partial charge in [0.05, 0.1) is 18.1 Å². The minimum Gasteiger partial charge on any atom is -0.465 e. The Bertz CT molecular complexity index is 406. The maximum atomic E-state index is 11.6. The standard InChI is InChI=1S/C13H26N2O4S/c1-3-19-12(16)13(2,14)6-4-5-7-15-8-10-20(17,18)11-9-15/h3-11,14H2,1-2H3. The number of hydrogen-bond donors (Lipinski definition) is 1. The number of hydrogen-bond acceptors (Lipinski definition) is 6. The Morgan fingerprint density at radius 2 is 1.90 bits per heavy atom. The van der Waals surface area contributed by atoms with E-state index < -0.39 is 15.4 Å². The molecule has 1 aliphatic heterocycles. The summed E-state index contributed by atoms with van der Waals surface area (Å²) in [6.45, 7) is 5.87. The highest BCUT2D eigenvalue weighted by molar-refractivity contribution is 7.91. The second-order valence-corrected chi connectivity index (χ2v) is 7.89. The molecule has 0 amide bonds. The van der Waals surface area contributed by atoms with Crippen LogP contribution in [0.1, 0.15) is 33.1 Å². The number of nitrogens with zero attached hydrogens (tertiary/aromatic N) is 1. The fourth-order valence-electron chi connectivity index (χ4n) is 2.20. The molecule has 0 aromatic carbocycles. The minimum absolute atomic E-state index is 0.254. The van der Waals surface area contributed by atoms with Crippen LogP contribution in [-0.2, 0) is 19.4 Å². The maximum Gasteiger partial charge on any atom is 0.325 e. The van der Waals surface area contributed by atoms with E-state index in [1.54, 1.807) is 13.8 Å². The zero-order valence-electron chi connectivity index (χ0n) is 12.4. The summed E-state index contributed by atoms with van der Waals surface area (Å²) in [5.41, 5.74) is 5.00. The summed E-state index contributed by atoms with van der Waals surface area (Å²) < 4.78 is 27.5. The normalized spacial score (nSPS) is 22.1. The molecule has 0 spiro atoms. The second kappa shape index (κ2) is 7.38. The van der Waals surface area contributed by atoms with Gasteiger partial charge in [-0.3, -0.25) is 4.79 Å². The van der Waals surface area contributed by atoms with Gasteiger partial charge >= 0.3 is 5.97 Å². The first-order valence-electron chi connectivity index (χ1n) is 7.16. The van der Waals surface area contributed by atoms with Crippen molar-refractivity contribution >= 4 is 15.8 Å². The Balaban J connectivity index is 2.20. The number of carbonyl (C=O) groups is 1. The highest BCUT2D eigenvalue weighted by Gasteiger charge is 2.29. The van der Waals surface area contributed by atoms with Gasteiger partial charge in [0.2, 0.25) is 0 Å². The summed E-state index contributed by atoms with van der Waals surface area (Å²) in [4.78, 5) is 13.8. The number of nitrogens with two attached hydrogens (primary N) is 1. The summed E-state index contributed by atoms with van der Waals surface area (Å²) in [5, 5.41) is 0. The number of ether oxygens (including phenoxy) is 1. The van der Waals surface area contributed by atoms with Crippen LogP contribution in [-0.4, -0.2) is 62.6 Å². The smallest absolute Gasteiger partial charge is 0.325 e. The first-order valence-corrected chi connectivity index (χ1v) is 8.98. The molecule has 1 atom stereocenters. The first-order chi connectivity index (χ1) is 9.27. The number of rotatable bonds is 7. The summed E-state index contributed by atoms with van der Waals surface area (Å²) in [6, 6.07) is 0. The van der Waals surface area contributed by atoms with Crippen molar-refractivity contribution in [3.63, 3.8) is 0 Å². The second-order valence-electron chi connectivity index (χ2n) is 5.59. The molecule has 1 saturated heterocycles. The first kappa shape index (κ1) is 17.4. The zero-order valence-corrected chi connectivity index (χ0v) is 13.2. The van der Waals surface area contributed by atoms with Gasteiger partial charge in [0, 0.05) is 13.1 Å². The van der Waals surface area contributed by atoms with E-state index in [1.165, 1.54) is 0 Å². The van der Waals surface area contributed by atoms with Gasteiger partial charge in [-0.15, -0.1) is 0 Å². The summed E-state index contributed by atoms with van der Waals surface area (Å²) >= 11 is 0. The van der Waals surface area contributed by atoms with Gasteiger partial charge in [0.15, 0.2) is 9.84 Å². The largest absolute Gasteiger partial charge is 0.465 e. The van der Waals surface area contributed by atoms with E-state index in [-0.39, 0.29) is 17.5 Å². The van der Waals surface area contributed by atoms with E-state index in [0.717, 1.165) is 19.4 Å². The van der Waals surface area contributed by atoms with Crippen molar-refractivity contribution in [2.75, 3.05) is 37.7 Å². The van der Waals surface area contributed by atoms with Crippen molar-refractivity contribution in [3.8, 4) is 0 Å². The molecule has 1 heterocycles. The zero-order chi connectivity index (χ0) is 15.2. The molecular weight excluding hydrogens is 280 g/mol. The summed E-state index contributed by atoms with van der Waals surface area (Å²) in [7, 11) is -2.81. The van der Waals surface area contributed by atoms with Crippen molar-refractivity contribution in [1.82, 2.24) is 4.90 Å². The predicted molar refractivity (Wildman–Crippen MR) is 78.2 cm³/mol. The molecule has 118 valence electrons. The van der Waals surface area contributed by atoms with Gasteiger partial charge < -0.3 is 15.4 Å². The monoisotopic (exact) mass is 306 g/mol. The summed E-state index contributed by atoms with van der Waals surface area (Å²) in [5.74, 6) is 0.151. The number of unbranched alkanes of at least 4 members (excludes halogenated alkanes) is 1. The van der Waals surface area contributed by atoms with Crippen LogP contribution in [0.5, 0.6) is 0 Å². The highest BCUT2D eigenvalue weighted by Crippen LogP contribution is 2.14. The quantitative estimate of drug-likeness (QED) is 0.532. The molecule has 0 saturated carbocycles. The lowest BCUT2D eigenvalue weighted by molar-refractivity contribution is -0.149. The molecule has 0 aromatic heterocycles. The predicted octanol–water partition coefficient (Wildman–Crippen LogP) is 0.168. The lowest BCUT2D eigenvalue weighted by Gasteiger charge is -2.27. The molecule has 1 unspecified atom stereocenters. The Labute approximate surface area is 121 Å². The van der Waals surface area contributed by atoms with Crippen molar-refractivity contribution in [1.29, 1.82) is 0 Å². The van der Waals surface area contributed by atoms with Crippen LogP contribution in [0.3, 0.4) is 0 Å². The van der Waals surface area contributed by atoms with Gasteiger partial charge in [-0.1, -0.05) is 0 Å². The van der Waals surface area contributed by atoms with Crippen LogP contribution in [0.15, 0.2) is 0 Å². The number of sulfone groups is 1. The average Bonchev–Trinajstić information content (AvgIpc) is 2.36. The Hall–Kier alpha value is -0.660. The van der Waals surface area contributed by atoms with Crippen molar-refractivity contribution < 1.29 is 17.9 Å². The fourth-order valence-corrected chi connectivity index (χ4v) is 3.48. The Morgan fingerprint density at radius 3 is 2.45 bits per heavy atom. The molecule has 1 fully saturated rings. The van der Waals surface area contributed by atoms with E-state index in [9.17, 15) is 13.2 Å². The Morgan fingerprint density at radius 1 is 1.30 bits per heavy atom. The molecule has 2 N–H and O–H groups in total. The average molecular weight is 306 g/mol. The molecule has 1 aliphatic rings. The third-order valence-corrected chi connectivity index (χ3v) is 5.21. The molecule has 0 aromatic rings. The molecule has 7 heteroatoms. The van der Waals surface area contributed by atoms with Crippen molar-refractivity contribution in [3.05, 3.63) is 0 Å². The summed E-state index contributed by atoms with van der Waals surface area (Å²) in [6.07, 6.45) is 2.32. The van der Waals surface area contributed by atoms with E-state index >= 15 is 0 Å².